The summed E-state index contributed by atoms with van der Waals surface area (Å²) in [4.78, 5) is 8.79. The first kappa shape index (κ1) is 13.7. The molecule has 0 spiro atoms. The average molecular weight is 309 g/mol. The van der Waals surface area contributed by atoms with Crippen LogP contribution in [0, 0.1) is 0 Å². The Hall–Kier alpha value is -1.31. The molecule has 2 aromatic rings. The SMILES string of the molecule is O=S1(=O)CCC(NCc2csc(-c3ccccn3)n2)C1. The van der Waals surface area contributed by atoms with Crippen LogP contribution in [0.5, 0.6) is 0 Å². The molecule has 0 amide bonds. The van der Waals surface area contributed by atoms with Crippen molar-refractivity contribution in [3.05, 3.63) is 35.5 Å². The van der Waals surface area contributed by atoms with Crippen molar-refractivity contribution in [3.8, 4) is 10.7 Å². The maximum absolute atomic E-state index is 11.4. The first-order chi connectivity index (χ1) is 9.62. The summed E-state index contributed by atoms with van der Waals surface area (Å²) in [6.45, 7) is 0.601. The van der Waals surface area contributed by atoms with Crippen LogP contribution in [0.25, 0.3) is 10.7 Å². The van der Waals surface area contributed by atoms with E-state index in [1.807, 2.05) is 23.6 Å². The van der Waals surface area contributed by atoms with Gasteiger partial charge in [0.15, 0.2) is 9.84 Å². The molecule has 5 nitrogen and oxygen atoms in total. The quantitative estimate of drug-likeness (QED) is 0.926. The average Bonchev–Trinajstić information content (AvgIpc) is 3.04. The molecular formula is C13H15N3O2S2. The van der Waals surface area contributed by atoms with Crippen LogP contribution < -0.4 is 5.32 Å². The van der Waals surface area contributed by atoms with E-state index >= 15 is 0 Å². The lowest BCUT2D eigenvalue weighted by molar-refractivity contribution is 0.550. The van der Waals surface area contributed by atoms with E-state index in [2.05, 4.69) is 15.3 Å². The molecule has 0 bridgehead atoms. The van der Waals surface area contributed by atoms with E-state index in [9.17, 15) is 8.42 Å². The van der Waals surface area contributed by atoms with Crippen molar-refractivity contribution >= 4 is 21.2 Å². The Labute approximate surface area is 122 Å². The molecule has 0 radical (unpaired) electrons. The van der Waals surface area contributed by atoms with Crippen molar-refractivity contribution in [1.82, 2.24) is 15.3 Å². The van der Waals surface area contributed by atoms with Gasteiger partial charge in [-0.3, -0.25) is 4.98 Å². The molecule has 1 aliphatic heterocycles. The van der Waals surface area contributed by atoms with Crippen LogP contribution in [0.4, 0.5) is 0 Å². The minimum absolute atomic E-state index is 0.0556. The van der Waals surface area contributed by atoms with Crippen LogP contribution in [0.1, 0.15) is 12.1 Å². The topological polar surface area (TPSA) is 72.0 Å². The van der Waals surface area contributed by atoms with Gasteiger partial charge in [0.1, 0.15) is 5.01 Å². The molecule has 1 unspecified atom stereocenters. The molecule has 3 rings (SSSR count). The van der Waals surface area contributed by atoms with Gasteiger partial charge in [0, 0.05) is 24.2 Å². The predicted octanol–water partition coefficient (Wildman–Crippen LogP) is 1.48. The minimum Gasteiger partial charge on any atom is -0.307 e. The molecule has 0 saturated carbocycles. The van der Waals surface area contributed by atoms with E-state index in [0.717, 1.165) is 16.4 Å². The van der Waals surface area contributed by atoms with E-state index < -0.39 is 9.84 Å². The molecule has 106 valence electrons. The van der Waals surface area contributed by atoms with Gasteiger partial charge >= 0.3 is 0 Å². The number of sulfone groups is 1. The molecule has 1 aliphatic rings. The van der Waals surface area contributed by atoms with Crippen LogP contribution >= 0.6 is 11.3 Å². The third-order valence-electron chi connectivity index (χ3n) is 3.24. The largest absolute Gasteiger partial charge is 0.307 e. The molecule has 1 saturated heterocycles. The number of pyridine rings is 1. The fraction of sp³-hybridized carbons (Fsp3) is 0.385. The van der Waals surface area contributed by atoms with Crippen molar-refractivity contribution in [2.24, 2.45) is 0 Å². The lowest BCUT2D eigenvalue weighted by atomic mass is 10.2. The highest BCUT2D eigenvalue weighted by molar-refractivity contribution is 7.91. The molecule has 7 heteroatoms. The van der Waals surface area contributed by atoms with Crippen molar-refractivity contribution in [3.63, 3.8) is 0 Å². The van der Waals surface area contributed by atoms with Crippen LogP contribution in [0.3, 0.4) is 0 Å². The van der Waals surface area contributed by atoms with Gasteiger partial charge in [-0.2, -0.15) is 0 Å². The summed E-state index contributed by atoms with van der Waals surface area (Å²) in [5.74, 6) is 0.533. The van der Waals surface area contributed by atoms with Crippen molar-refractivity contribution in [1.29, 1.82) is 0 Å². The molecule has 1 fully saturated rings. The number of hydrogen-bond donors (Lipinski definition) is 1. The molecule has 0 aromatic carbocycles. The van der Waals surface area contributed by atoms with Crippen LogP contribution in [-0.4, -0.2) is 35.9 Å². The second kappa shape index (κ2) is 5.59. The van der Waals surface area contributed by atoms with E-state index in [4.69, 9.17) is 0 Å². The zero-order chi connectivity index (χ0) is 14.0. The van der Waals surface area contributed by atoms with E-state index in [-0.39, 0.29) is 11.8 Å². The number of aromatic nitrogens is 2. The Bertz CT molecular complexity index is 683. The summed E-state index contributed by atoms with van der Waals surface area (Å²) in [5.41, 5.74) is 1.80. The third kappa shape index (κ3) is 3.23. The summed E-state index contributed by atoms with van der Waals surface area (Å²) < 4.78 is 22.8. The van der Waals surface area contributed by atoms with E-state index in [1.54, 1.807) is 17.5 Å². The summed E-state index contributed by atoms with van der Waals surface area (Å²) in [6.07, 6.45) is 2.44. The zero-order valence-electron chi connectivity index (χ0n) is 10.8. The smallest absolute Gasteiger partial charge is 0.151 e. The second-order valence-corrected chi connectivity index (χ2v) is 7.93. The normalized spacial score (nSPS) is 21.1. The third-order valence-corrected chi connectivity index (χ3v) is 5.92. The highest BCUT2D eigenvalue weighted by Gasteiger charge is 2.27. The number of rotatable bonds is 4. The molecule has 1 atom stereocenters. The first-order valence-corrected chi connectivity index (χ1v) is 9.12. The zero-order valence-corrected chi connectivity index (χ0v) is 12.5. The predicted molar refractivity (Wildman–Crippen MR) is 79.2 cm³/mol. The Morgan fingerprint density at radius 3 is 3.00 bits per heavy atom. The Balaban J connectivity index is 1.61. The van der Waals surface area contributed by atoms with Crippen LogP contribution in [0.2, 0.25) is 0 Å². The molecule has 2 aromatic heterocycles. The first-order valence-electron chi connectivity index (χ1n) is 6.42. The number of nitrogens with one attached hydrogen (secondary N) is 1. The Morgan fingerprint density at radius 2 is 2.30 bits per heavy atom. The van der Waals surface area contributed by atoms with Crippen molar-refractivity contribution in [2.75, 3.05) is 11.5 Å². The van der Waals surface area contributed by atoms with Gasteiger partial charge in [0.25, 0.3) is 0 Å². The number of thiazole rings is 1. The maximum atomic E-state index is 11.4. The lowest BCUT2D eigenvalue weighted by Crippen LogP contribution is -2.29. The summed E-state index contributed by atoms with van der Waals surface area (Å²) >= 11 is 1.55. The van der Waals surface area contributed by atoms with Gasteiger partial charge in [0.05, 0.1) is 22.9 Å². The van der Waals surface area contributed by atoms with Crippen LogP contribution in [0.15, 0.2) is 29.8 Å². The van der Waals surface area contributed by atoms with Gasteiger partial charge in [0.2, 0.25) is 0 Å². The number of hydrogen-bond acceptors (Lipinski definition) is 6. The fourth-order valence-electron chi connectivity index (χ4n) is 2.20. The highest BCUT2D eigenvalue weighted by Crippen LogP contribution is 2.21. The molecule has 20 heavy (non-hydrogen) atoms. The van der Waals surface area contributed by atoms with Gasteiger partial charge in [-0.15, -0.1) is 11.3 Å². The molecule has 1 N–H and O–H groups in total. The Morgan fingerprint density at radius 1 is 1.40 bits per heavy atom. The molecular weight excluding hydrogens is 294 g/mol. The minimum atomic E-state index is -2.83. The summed E-state index contributed by atoms with van der Waals surface area (Å²) in [5, 5.41) is 6.14. The fourth-order valence-corrected chi connectivity index (χ4v) is 4.70. The highest BCUT2D eigenvalue weighted by atomic mass is 32.2. The lowest BCUT2D eigenvalue weighted by Gasteiger charge is -2.08. The van der Waals surface area contributed by atoms with E-state index in [1.165, 1.54) is 0 Å². The van der Waals surface area contributed by atoms with Gasteiger partial charge < -0.3 is 5.32 Å². The molecule has 0 aliphatic carbocycles. The van der Waals surface area contributed by atoms with Crippen molar-refractivity contribution < 1.29 is 8.42 Å². The summed E-state index contributed by atoms with van der Waals surface area (Å²) in [6, 6.07) is 5.80. The van der Waals surface area contributed by atoms with Gasteiger partial charge in [-0.05, 0) is 18.6 Å². The van der Waals surface area contributed by atoms with E-state index in [0.29, 0.717) is 18.7 Å². The van der Waals surface area contributed by atoms with Gasteiger partial charge in [-0.25, -0.2) is 13.4 Å². The second-order valence-electron chi connectivity index (χ2n) is 4.84. The van der Waals surface area contributed by atoms with Crippen molar-refractivity contribution in [2.45, 2.75) is 19.0 Å². The maximum Gasteiger partial charge on any atom is 0.151 e. The molecule has 3 heterocycles. The Kier molecular flexibility index (Phi) is 3.82. The number of nitrogens with zero attached hydrogens (tertiary/aromatic N) is 2. The summed E-state index contributed by atoms with van der Waals surface area (Å²) in [7, 11) is -2.83. The van der Waals surface area contributed by atoms with Gasteiger partial charge in [-0.1, -0.05) is 6.07 Å². The standard InChI is InChI=1S/C13H15N3O2S2/c17-20(18)6-4-10(9-20)15-7-11-8-19-13(16-11)12-3-1-2-5-14-12/h1-3,5,8,10,15H,4,6-7,9H2. The van der Waals surface area contributed by atoms with Crippen LogP contribution in [-0.2, 0) is 16.4 Å². The monoisotopic (exact) mass is 309 g/mol.